The Kier molecular flexibility index (Phi) is 1.36. The predicted molar refractivity (Wildman–Crippen MR) is 43.2 cm³/mol. The van der Waals surface area contributed by atoms with Crippen LogP contribution in [0.25, 0.3) is 0 Å². The van der Waals surface area contributed by atoms with Gasteiger partial charge < -0.3 is 5.32 Å². The van der Waals surface area contributed by atoms with Gasteiger partial charge >= 0.3 is 6.05 Å². The zero-order chi connectivity index (χ0) is 8.60. The largest absolute Gasteiger partial charge is 0.360 e. The van der Waals surface area contributed by atoms with Crippen LogP contribution in [0.3, 0.4) is 0 Å². The average Bonchev–Trinajstić information content (AvgIpc) is 2.02. The molecule has 0 fully saturated rings. The summed E-state index contributed by atoms with van der Waals surface area (Å²) in [4.78, 5) is 3.61. The van der Waals surface area contributed by atoms with E-state index in [9.17, 15) is 8.78 Å². The molecule has 0 aromatic heterocycles. The van der Waals surface area contributed by atoms with E-state index in [1.807, 2.05) is 0 Å². The first-order valence-electron chi connectivity index (χ1n) is 3.48. The molecular formula is C8H6F2N2. The van der Waals surface area contributed by atoms with Gasteiger partial charge in [0.1, 0.15) is 0 Å². The normalized spacial score (nSPS) is 18.2. The summed E-state index contributed by atoms with van der Waals surface area (Å²) in [6, 6.07) is 3.66. The van der Waals surface area contributed by atoms with E-state index >= 15 is 0 Å². The van der Waals surface area contributed by atoms with Crippen molar-refractivity contribution in [1.29, 1.82) is 0 Å². The van der Waals surface area contributed by atoms with Gasteiger partial charge in [0.2, 0.25) is 0 Å². The minimum atomic E-state index is -3.02. The molecule has 2 rings (SSSR count). The lowest BCUT2D eigenvalue weighted by Crippen LogP contribution is -2.31. The molecule has 0 unspecified atom stereocenters. The highest BCUT2D eigenvalue weighted by Crippen LogP contribution is 2.31. The van der Waals surface area contributed by atoms with Crippen molar-refractivity contribution in [1.82, 2.24) is 0 Å². The Bertz CT molecular complexity index is 334. The zero-order valence-corrected chi connectivity index (χ0v) is 6.09. The number of aliphatic imine (C=N–C) groups is 1. The Morgan fingerprint density at radius 2 is 2.00 bits per heavy atom. The molecule has 0 saturated heterocycles. The number of fused-ring (bicyclic) bond motifs is 1. The van der Waals surface area contributed by atoms with E-state index < -0.39 is 6.05 Å². The van der Waals surface area contributed by atoms with E-state index in [2.05, 4.69) is 10.3 Å². The molecule has 62 valence electrons. The van der Waals surface area contributed by atoms with Crippen LogP contribution in [0.15, 0.2) is 29.3 Å². The molecule has 1 aliphatic heterocycles. The lowest BCUT2D eigenvalue weighted by molar-refractivity contribution is 0.116. The second-order valence-corrected chi connectivity index (χ2v) is 2.52. The fourth-order valence-corrected chi connectivity index (χ4v) is 1.05. The summed E-state index contributed by atoms with van der Waals surface area (Å²) in [5, 5.41) is 2.05. The van der Waals surface area contributed by atoms with Gasteiger partial charge in [-0.1, -0.05) is 12.1 Å². The van der Waals surface area contributed by atoms with Crippen LogP contribution in [-0.2, 0) is 0 Å². The van der Waals surface area contributed by atoms with Crippen LogP contribution in [-0.4, -0.2) is 12.3 Å². The lowest BCUT2D eigenvalue weighted by Gasteiger charge is -2.19. The number of halogens is 2. The number of nitrogens with one attached hydrogen (secondary N) is 1. The van der Waals surface area contributed by atoms with E-state index in [0.717, 1.165) is 0 Å². The Labute approximate surface area is 67.9 Å². The number of para-hydroxylation sites is 2. The van der Waals surface area contributed by atoms with Crippen LogP contribution >= 0.6 is 0 Å². The Morgan fingerprint density at radius 3 is 2.83 bits per heavy atom. The molecular weight excluding hydrogens is 162 g/mol. The number of alkyl halides is 2. The topological polar surface area (TPSA) is 24.4 Å². The summed E-state index contributed by atoms with van der Waals surface area (Å²) in [5.41, 5.74) is 0.911. The number of rotatable bonds is 0. The van der Waals surface area contributed by atoms with Crippen molar-refractivity contribution in [3.63, 3.8) is 0 Å². The number of anilines is 1. The maximum Gasteiger partial charge on any atom is 0.360 e. The van der Waals surface area contributed by atoms with Crippen LogP contribution in [0.5, 0.6) is 0 Å². The van der Waals surface area contributed by atoms with Gasteiger partial charge in [0, 0.05) is 0 Å². The number of nitrogens with zero attached hydrogens (tertiary/aromatic N) is 1. The highest BCUT2D eigenvalue weighted by Gasteiger charge is 2.29. The van der Waals surface area contributed by atoms with E-state index in [1.165, 1.54) is 0 Å². The maximum atomic E-state index is 12.6. The quantitative estimate of drug-likeness (QED) is 0.591. The third-order valence-electron chi connectivity index (χ3n) is 1.57. The molecule has 1 aromatic carbocycles. The van der Waals surface area contributed by atoms with Gasteiger partial charge in [-0.2, -0.15) is 8.78 Å². The van der Waals surface area contributed by atoms with Crippen molar-refractivity contribution in [2.45, 2.75) is 6.05 Å². The lowest BCUT2D eigenvalue weighted by atomic mass is 10.2. The number of hydrogen-bond donors (Lipinski definition) is 1. The van der Waals surface area contributed by atoms with Crippen LogP contribution in [0.1, 0.15) is 0 Å². The molecule has 0 radical (unpaired) electrons. The van der Waals surface area contributed by atoms with Crippen molar-refractivity contribution in [3.05, 3.63) is 24.3 Å². The van der Waals surface area contributed by atoms with Crippen molar-refractivity contribution in [2.75, 3.05) is 5.32 Å². The highest BCUT2D eigenvalue weighted by atomic mass is 19.3. The van der Waals surface area contributed by atoms with Crippen LogP contribution in [0.2, 0.25) is 0 Å². The van der Waals surface area contributed by atoms with Gasteiger partial charge in [0.15, 0.2) is 0 Å². The highest BCUT2D eigenvalue weighted by molar-refractivity contribution is 5.83. The third kappa shape index (κ3) is 1.15. The summed E-state index contributed by atoms with van der Waals surface area (Å²) in [6.45, 7) is 0. The molecule has 12 heavy (non-hydrogen) atoms. The molecule has 1 heterocycles. The molecule has 0 amide bonds. The van der Waals surface area contributed by atoms with Crippen LogP contribution in [0, 0.1) is 0 Å². The second kappa shape index (κ2) is 2.27. The van der Waals surface area contributed by atoms with Crippen LogP contribution < -0.4 is 5.32 Å². The molecule has 0 aliphatic carbocycles. The molecule has 2 nitrogen and oxygen atoms in total. The first-order valence-corrected chi connectivity index (χ1v) is 3.48. The second-order valence-electron chi connectivity index (χ2n) is 2.52. The van der Waals surface area contributed by atoms with Gasteiger partial charge in [-0.15, -0.1) is 0 Å². The van der Waals surface area contributed by atoms with Gasteiger partial charge in [-0.3, -0.25) is 4.99 Å². The van der Waals surface area contributed by atoms with E-state index in [1.54, 1.807) is 24.3 Å². The number of benzene rings is 1. The molecule has 0 saturated carbocycles. The zero-order valence-electron chi connectivity index (χ0n) is 6.09. The van der Waals surface area contributed by atoms with Gasteiger partial charge in [0.05, 0.1) is 17.6 Å². The maximum absolute atomic E-state index is 12.6. The minimum absolute atomic E-state index is 0.366. The molecule has 0 bridgehead atoms. The third-order valence-corrected chi connectivity index (χ3v) is 1.57. The van der Waals surface area contributed by atoms with E-state index in [0.29, 0.717) is 17.6 Å². The standard InChI is InChI=1S/C8H6F2N2/c9-8(10)5-11-6-3-1-2-4-7(6)12-8/h1-5,12H. The fourth-order valence-electron chi connectivity index (χ4n) is 1.05. The fraction of sp³-hybridized carbons (Fsp3) is 0.125. The Hall–Kier alpha value is -1.45. The summed E-state index contributed by atoms with van der Waals surface area (Å²) in [6.07, 6.45) is 0.606. The SMILES string of the molecule is FC1(F)C=Nc2ccccc2N1. The van der Waals surface area contributed by atoms with Crippen molar-refractivity contribution in [3.8, 4) is 0 Å². The summed E-state index contributed by atoms with van der Waals surface area (Å²) < 4.78 is 25.2. The molecule has 0 atom stereocenters. The smallest absolute Gasteiger partial charge is 0.320 e. The molecule has 0 spiro atoms. The average molecular weight is 168 g/mol. The Morgan fingerprint density at radius 1 is 1.25 bits per heavy atom. The summed E-state index contributed by atoms with van der Waals surface area (Å²) in [5.74, 6) is 0. The van der Waals surface area contributed by atoms with Crippen molar-refractivity contribution >= 4 is 17.6 Å². The van der Waals surface area contributed by atoms with E-state index in [4.69, 9.17) is 0 Å². The molecule has 1 N–H and O–H groups in total. The molecule has 1 aromatic rings. The molecule has 4 heteroatoms. The van der Waals surface area contributed by atoms with Crippen molar-refractivity contribution < 1.29 is 8.78 Å². The first-order chi connectivity index (χ1) is 5.67. The van der Waals surface area contributed by atoms with E-state index in [-0.39, 0.29) is 0 Å². The van der Waals surface area contributed by atoms with Crippen LogP contribution in [0.4, 0.5) is 20.2 Å². The van der Waals surface area contributed by atoms with Crippen molar-refractivity contribution in [2.24, 2.45) is 4.99 Å². The number of hydrogen-bond acceptors (Lipinski definition) is 2. The first kappa shape index (κ1) is 7.21. The Balaban J connectivity index is 2.46. The minimum Gasteiger partial charge on any atom is -0.320 e. The van der Waals surface area contributed by atoms with Gasteiger partial charge in [0.25, 0.3) is 0 Å². The van der Waals surface area contributed by atoms with Gasteiger partial charge in [-0.05, 0) is 12.1 Å². The predicted octanol–water partition coefficient (Wildman–Crippen LogP) is 2.41. The van der Waals surface area contributed by atoms with Gasteiger partial charge in [-0.25, -0.2) is 0 Å². The summed E-state index contributed by atoms with van der Waals surface area (Å²) >= 11 is 0. The summed E-state index contributed by atoms with van der Waals surface area (Å²) in [7, 11) is 0. The molecule has 1 aliphatic rings. The monoisotopic (exact) mass is 168 g/mol.